The Morgan fingerprint density at radius 3 is 2.64 bits per heavy atom. The highest BCUT2D eigenvalue weighted by Crippen LogP contribution is 2.35. The van der Waals surface area contributed by atoms with E-state index in [1.807, 2.05) is 42.8 Å². The fraction of sp³-hybridized carbons (Fsp3) is 0.360. The van der Waals surface area contributed by atoms with Gasteiger partial charge in [-0.25, -0.2) is 4.98 Å². The predicted molar refractivity (Wildman–Crippen MR) is 138 cm³/mol. The highest BCUT2D eigenvalue weighted by atomic mass is 32.1. The van der Waals surface area contributed by atoms with Crippen LogP contribution in [0.3, 0.4) is 0 Å². The molecule has 0 aliphatic rings. The number of hydrogen-bond acceptors (Lipinski definition) is 5. The molecule has 0 saturated carbocycles. The summed E-state index contributed by atoms with van der Waals surface area (Å²) in [5.74, 6) is 0.508. The van der Waals surface area contributed by atoms with Crippen molar-refractivity contribution in [3.8, 4) is 6.07 Å². The third-order valence-corrected chi connectivity index (χ3v) is 8.07. The number of thiol groups is 1. The molecule has 2 heterocycles. The molecule has 172 valence electrons. The van der Waals surface area contributed by atoms with Crippen molar-refractivity contribution in [1.29, 1.82) is 5.26 Å². The van der Waals surface area contributed by atoms with E-state index in [4.69, 9.17) is 9.72 Å². The SMILES string of the molecule is Cc1cc(C)c2c(ccn2S)c1C(O)c1nc2ccc(C#N)cc2n1COCC[Si](C)(C)C. The van der Waals surface area contributed by atoms with Gasteiger partial charge in [0.25, 0.3) is 0 Å². The lowest BCUT2D eigenvalue weighted by Gasteiger charge is -2.19. The number of aliphatic hydroxyl groups is 1. The Bertz CT molecular complexity index is 1380. The Morgan fingerprint density at radius 2 is 1.94 bits per heavy atom. The standard InChI is InChI=1S/C25H30N4O2SSi/c1-16-12-17(2)23-19(8-9-29(23)32)22(16)24(30)25-27-20-7-6-18(14-26)13-21(20)28(25)15-31-10-11-33(3,4)5/h6-9,12-13,24,30,32H,10-11,15H2,1-5H3. The Kier molecular flexibility index (Phi) is 6.42. The van der Waals surface area contributed by atoms with Gasteiger partial charge in [-0.05, 0) is 55.3 Å². The third kappa shape index (κ3) is 4.59. The zero-order chi connectivity index (χ0) is 23.9. The minimum absolute atomic E-state index is 0.268. The van der Waals surface area contributed by atoms with Crippen LogP contribution in [0.5, 0.6) is 0 Å². The van der Waals surface area contributed by atoms with Crippen molar-refractivity contribution < 1.29 is 9.84 Å². The highest BCUT2D eigenvalue weighted by molar-refractivity contribution is 7.78. The van der Waals surface area contributed by atoms with E-state index in [9.17, 15) is 10.4 Å². The number of benzene rings is 2. The highest BCUT2D eigenvalue weighted by Gasteiger charge is 2.25. The van der Waals surface area contributed by atoms with Gasteiger partial charge in [-0.1, -0.05) is 38.5 Å². The maximum atomic E-state index is 11.6. The van der Waals surface area contributed by atoms with Crippen LogP contribution in [0.1, 0.15) is 34.2 Å². The number of nitriles is 1. The molecule has 0 saturated heterocycles. The van der Waals surface area contributed by atoms with E-state index in [0.717, 1.165) is 44.7 Å². The summed E-state index contributed by atoms with van der Waals surface area (Å²) in [7, 11) is -1.23. The van der Waals surface area contributed by atoms with E-state index in [2.05, 4.69) is 44.6 Å². The number of ether oxygens (including phenoxy) is 1. The molecular weight excluding hydrogens is 448 g/mol. The zero-order valence-corrected chi connectivity index (χ0v) is 21.6. The molecule has 1 unspecified atom stereocenters. The van der Waals surface area contributed by atoms with Gasteiger partial charge in [0.05, 0.1) is 28.2 Å². The molecular formula is C25H30N4O2SSi. The lowest BCUT2D eigenvalue weighted by molar-refractivity contribution is 0.0815. The second kappa shape index (κ2) is 8.99. The topological polar surface area (TPSA) is 76.0 Å². The maximum Gasteiger partial charge on any atom is 0.145 e. The van der Waals surface area contributed by atoms with Gasteiger partial charge in [-0.15, -0.1) is 0 Å². The zero-order valence-electron chi connectivity index (χ0n) is 19.8. The average Bonchev–Trinajstić information content (AvgIpc) is 3.30. The minimum atomic E-state index is -1.23. The number of hydrogen-bond donors (Lipinski definition) is 2. The van der Waals surface area contributed by atoms with Gasteiger partial charge in [-0.3, -0.25) is 3.97 Å². The number of aryl methyl sites for hydroxylation is 2. The Morgan fingerprint density at radius 1 is 1.18 bits per heavy atom. The van der Waals surface area contributed by atoms with E-state index < -0.39 is 14.2 Å². The van der Waals surface area contributed by atoms with Crippen LogP contribution >= 0.6 is 12.8 Å². The molecule has 0 aliphatic carbocycles. The van der Waals surface area contributed by atoms with Crippen LogP contribution in [-0.4, -0.2) is 33.3 Å². The monoisotopic (exact) mass is 478 g/mol. The molecule has 1 N–H and O–H groups in total. The van der Waals surface area contributed by atoms with Crippen molar-refractivity contribution in [1.82, 2.24) is 13.5 Å². The van der Waals surface area contributed by atoms with Gasteiger partial charge in [0, 0.05) is 31.8 Å². The molecule has 0 aliphatic heterocycles. The van der Waals surface area contributed by atoms with Crippen LogP contribution in [0.2, 0.25) is 25.7 Å². The first-order valence-corrected chi connectivity index (χ1v) is 15.2. The molecule has 2 aromatic carbocycles. The van der Waals surface area contributed by atoms with Crippen molar-refractivity contribution in [2.45, 2.75) is 52.4 Å². The van der Waals surface area contributed by atoms with E-state index in [0.29, 0.717) is 18.0 Å². The average molecular weight is 479 g/mol. The largest absolute Gasteiger partial charge is 0.380 e. The maximum absolute atomic E-state index is 11.6. The quantitative estimate of drug-likeness (QED) is 0.207. The molecule has 0 bridgehead atoms. The Hall–Kier alpha value is -2.57. The molecule has 0 fully saturated rings. The fourth-order valence-electron chi connectivity index (χ4n) is 4.30. The smallest absolute Gasteiger partial charge is 0.145 e. The molecule has 4 aromatic rings. The van der Waals surface area contributed by atoms with Crippen molar-refractivity contribution in [2.75, 3.05) is 6.61 Å². The summed E-state index contributed by atoms with van der Waals surface area (Å²) in [6.45, 7) is 11.9. The van der Waals surface area contributed by atoms with Crippen LogP contribution in [0.4, 0.5) is 0 Å². The minimum Gasteiger partial charge on any atom is -0.380 e. The van der Waals surface area contributed by atoms with Crippen molar-refractivity contribution >= 4 is 42.8 Å². The normalized spacial score (nSPS) is 13.0. The van der Waals surface area contributed by atoms with Gasteiger partial charge in [0.2, 0.25) is 0 Å². The summed E-state index contributed by atoms with van der Waals surface area (Å²) in [5, 5.41) is 22.0. The second-order valence-corrected chi connectivity index (χ2v) is 15.9. The van der Waals surface area contributed by atoms with E-state index in [1.165, 1.54) is 0 Å². The predicted octanol–water partition coefficient (Wildman–Crippen LogP) is 5.57. The summed E-state index contributed by atoms with van der Waals surface area (Å²) in [4.78, 5) is 4.78. The summed E-state index contributed by atoms with van der Waals surface area (Å²) in [5.41, 5.74) is 5.92. The molecule has 33 heavy (non-hydrogen) atoms. The number of rotatable bonds is 7. The van der Waals surface area contributed by atoms with Crippen molar-refractivity contribution in [3.63, 3.8) is 0 Å². The Labute approximate surface area is 201 Å². The Balaban J connectivity index is 1.82. The van der Waals surface area contributed by atoms with Gasteiger partial charge in [0.1, 0.15) is 18.7 Å². The fourth-order valence-corrected chi connectivity index (χ4v) is 5.39. The molecule has 8 heteroatoms. The lowest BCUT2D eigenvalue weighted by Crippen LogP contribution is -2.22. The van der Waals surface area contributed by atoms with Crippen LogP contribution < -0.4 is 0 Å². The molecule has 2 aromatic heterocycles. The van der Waals surface area contributed by atoms with E-state index in [1.54, 1.807) is 10.0 Å². The molecule has 0 radical (unpaired) electrons. The third-order valence-electron chi connectivity index (χ3n) is 6.03. The number of aliphatic hydroxyl groups excluding tert-OH is 1. The first-order valence-electron chi connectivity index (χ1n) is 11.1. The number of imidazole rings is 1. The van der Waals surface area contributed by atoms with Gasteiger partial charge in [-0.2, -0.15) is 5.26 Å². The molecule has 4 rings (SSSR count). The lowest BCUT2D eigenvalue weighted by atomic mass is 9.96. The van der Waals surface area contributed by atoms with Gasteiger partial charge >= 0.3 is 0 Å². The molecule has 6 nitrogen and oxygen atoms in total. The van der Waals surface area contributed by atoms with Crippen LogP contribution in [0.25, 0.3) is 21.9 Å². The number of fused-ring (bicyclic) bond motifs is 2. The van der Waals surface area contributed by atoms with Crippen LogP contribution in [0, 0.1) is 25.2 Å². The first-order chi connectivity index (χ1) is 15.6. The van der Waals surface area contributed by atoms with Crippen LogP contribution in [-0.2, 0) is 11.5 Å². The molecule has 0 amide bonds. The van der Waals surface area contributed by atoms with Crippen molar-refractivity contribution in [3.05, 3.63) is 64.6 Å². The molecule has 0 spiro atoms. The van der Waals surface area contributed by atoms with E-state index in [-0.39, 0.29) is 6.73 Å². The van der Waals surface area contributed by atoms with Crippen molar-refractivity contribution in [2.24, 2.45) is 0 Å². The summed E-state index contributed by atoms with van der Waals surface area (Å²) >= 11 is 4.54. The summed E-state index contributed by atoms with van der Waals surface area (Å²) < 4.78 is 9.73. The second-order valence-electron chi connectivity index (χ2n) is 9.81. The summed E-state index contributed by atoms with van der Waals surface area (Å²) in [6, 6.07) is 12.7. The number of nitrogens with zero attached hydrogens (tertiary/aromatic N) is 4. The van der Waals surface area contributed by atoms with E-state index >= 15 is 0 Å². The summed E-state index contributed by atoms with van der Waals surface area (Å²) in [6.07, 6.45) is 0.931. The molecule has 1 atom stereocenters. The van der Waals surface area contributed by atoms with Crippen LogP contribution in [0.15, 0.2) is 36.5 Å². The number of aromatic nitrogens is 3. The first kappa shape index (κ1) is 23.6. The van der Waals surface area contributed by atoms with Gasteiger partial charge < -0.3 is 14.4 Å². The van der Waals surface area contributed by atoms with Gasteiger partial charge in [0.15, 0.2) is 0 Å².